The lowest BCUT2D eigenvalue weighted by Crippen LogP contribution is -2.41. The predicted molar refractivity (Wildman–Crippen MR) is 223 cm³/mol. The minimum Gasteiger partial charge on any atom is -0.399 e. The zero-order chi connectivity index (χ0) is 39.6. The third-order valence-electron chi connectivity index (χ3n) is 10.7. The molecule has 4 aromatic heterocycles. The Kier molecular flexibility index (Phi) is 11.2. The Labute approximate surface area is 328 Å². The van der Waals surface area contributed by atoms with Crippen LogP contribution in [-0.4, -0.2) is 100 Å². The van der Waals surface area contributed by atoms with Crippen LogP contribution < -0.4 is 26.7 Å². The highest BCUT2D eigenvalue weighted by Gasteiger charge is 2.51. The van der Waals surface area contributed by atoms with Gasteiger partial charge in [-0.2, -0.15) is 5.10 Å². The summed E-state index contributed by atoms with van der Waals surface area (Å²) in [6.45, 7) is 20.7. The molecule has 14 nitrogen and oxygen atoms in total. The summed E-state index contributed by atoms with van der Waals surface area (Å²) in [5.74, 6) is 3.49. The molecule has 0 atom stereocenters. The first-order valence-corrected chi connectivity index (χ1v) is 19.2. The van der Waals surface area contributed by atoms with Gasteiger partial charge in [-0.05, 0) is 115 Å². The van der Waals surface area contributed by atoms with Gasteiger partial charge in [0.1, 0.15) is 16.9 Å². The van der Waals surface area contributed by atoms with Crippen LogP contribution >= 0.6 is 0 Å². The van der Waals surface area contributed by atoms with Crippen molar-refractivity contribution in [3.05, 3.63) is 90.0 Å². The van der Waals surface area contributed by atoms with Gasteiger partial charge >= 0.3 is 7.12 Å². The van der Waals surface area contributed by atoms with E-state index in [4.69, 9.17) is 40.3 Å². The Bertz CT molecular complexity index is 2250. The summed E-state index contributed by atoms with van der Waals surface area (Å²) >= 11 is 0. The average molecular weight is 761 g/mol. The van der Waals surface area contributed by atoms with Gasteiger partial charge in [-0.1, -0.05) is 12.1 Å². The first-order valence-electron chi connectivity index (χ1n) is 19.2. The second-order valence-corrected chi connectivity index (χ2v) is 15.4. The fourth-order valence-corrected chi connectivity index (χ4v) is 6.72. The fraction of sp³-hybridized carbons (Fsp3) is 0.415. The first-order chi connectivity index (χ1) is 26.8. The van der Waals surface area contributed by atoms with E-state index >= 15 is 0 Å². The molecule has 3 saturated heterocycles. The van der Waals surface area contributed by atoms with Crippen LogP contribution in [0.1, 0.15) is 44.9 Å². The van der Waals surface area contributed by atoms with Gasteiger partial charge in [-0.25, -0.2) is 19.0 Å². The van der Waals surface area contributed by atoms with E-state index in [1.165, 1.54) is 0 Å². The molecule has 2 aromatic carbocycles. The zero-order valence-corrected chi connectivity index (χ0v) is 33.5. The molecule has 4 N–H and O–H groups in total. The lowest BCUT2D eigenvalue weighted by Gasteiger charge is -2.32. The van der Waals surface area contributed by atoms with Gasteiger partial charge in [-0.15, -0.1) is 5.10 Å². The quantitative estimate of drug-likeness (QED) is 0.186. The molecule has 7 heterocycles. The number of hydrogen-bond donors (Lipinski definition) is 2. The summed E-state index contributed by atoms with van der Waals surface area (Å²) in [5, 5.41) is 9.14. The van der Waals surface area contributed by atoms with E-state index in [0.717, 1.165) is 115 Å². The summed E-state index contributed by atoms with van der Waals surface area (Å²) in [6.07, 6.45) is 0. The SMILES string of the molecule is CC1(C)OB(c2ccc(N)cc2)OC1(C)C.Cc1ccc2c(N3CCOCC3)nc(-c3ccc(N)cc3)nn12.Cc1nc(N2CCOCC2)c2ccc(C)n2n1. The number of fused-ring (bicyclic) bond motifs is 2. The molecule has 0 amide bonds. The number of nitrogens with two attached hydrogens (primary N) is 2. The topological polar surface area (TPSA) is 156 Å². The van der Waals surface area contributed by atoms with E-state index < -0.39 is 0 Å². The first kappa shape index (κ1) is 39.0. The third-order valence-corrected chi connectivity index (χ3v) is 10.7. The van der Waals surface area contributed by atoms with Crippen LogP contribution in [0.15, 0.2) is 72.8 Å². The largest absolute Gasteiger partial charge is 0.494 e. The van der Waals surface area contributed by atoms with E-state index in [1.54, 1.807) is 0 Å². The van der Waals surface area contributed by atoms with Crippen molar-refractivity contribution in [3.63, 3.8) is 0 Å². The highest BCUT2D eigenvalue weighted by Crippen LogP contribution is 2.36. The third kappa shape index (κ3) is 8.31. The van der Waals surface area contributed by atoms with Crippen LogP contribution in [0.5, 0.6) is 0 Å². The minimum atomic E-state index is -0.300. The van der Waals surface area contributed by atoms with Crippen molar-refractivity contribution in [1.82, 2.24) is 29.2 Å². The summed E-state index contributed by atoms with van der Waals surface area (Å²) in [7, 11) is -0.300. The molecule has 0 unspecified atom stereocenters. The van der Waals surface area contributed by atoms with Gasteiger partial charge in [0.15, 0.2) is 17.5 Å². The molecule has 0 radical (unpaired) electrons. The van der Waals surface area contributed by atoms with Crippen molar-refractivity contribution in [3.8, 4) is 11.4 Å². The molecule has 0 aliphatic carbocycles. The summed E-state index contributed by atoms with van der Waals surface area (Å²) in [4.78, 5) is 13.9. The van der Waals surface area contributed by atoms with Crippen LogP contribution in [0.4, 0.5) is 23.0 Å². The van der Waals surface area contributed by atoms with Crippen molar-refractivity contribution >= 4 is 46.6 Å². The summed E-state index contributed by atoms with van der Waals surface area (Å²) in [5.41, 5.74) is 18.6. The number of aromatic nitrogens is 6. The minimum absolute atomic E-state index is 0.293. The second-order valence-electron chi connectivity index (χ2n) is 15.4. The lowest BCUT2D eigenvalue weighted by molar-refractivity contribution is 0.00578. The van der Waals surface area contributed by atoms with Crippen molar-refractivity contribution in [2.75, 3.05) is 73.9 Å². The Morgan fingerprint density at radius 1 is 0.571 bits per heavy atom. The van der Waals surface area contributed by atoms with E-state index in [1.807, 2.05) is 92.2 Å². The van der Waals surface area contributed by atoms with Crippen molar-refractivity contribution in [1.29, 1.82) is 0 Å². The van der Waals surface area contributed by atoms with Gasteiger partial charge in [0.2, 0.25) is 0 Å². The fourth-order valence-electron chi connectivity index (χ4n) is 6.72. The number of ether oxygens (including phenoxy) is 2. The normalized spacial score (nSPS) is 17.7. The monoisotopic (exact) mass is 760 g/mol. The molecule has 3 aliphatic rings. The zero-order valence-electron chi connectivity index (χ0n) is 33.5. The molecule has 6 aromatic rings. The molecular weight excluding hydrogens is 707 g/mol. The molecule has 0 bridgehead atoms. The van der Waals surface area contributed by atoms with Gasteiger partial charge < -0.3 is 40.0 Å². The molecular formula is C41H53BN10O4. The standard InChI is InChI=1S/C17H19N5O.C12H18BNO2.C12H16N4O/c1-12-2-7-15-17(21-8-10-23-11-9-21)19-16(20-22(12)15)13-3-5-14(18)6-4-13;1-11(2)12(3,4)16-13(15-11)9-5-7-10(14)8-6-9;1-9-3-4-11-12(13-10(2)14-16(9)11)15-5-7-17-8-6-15/h2-7H,8-11,18H2,1H3;5-8H,14H2,1-4H3;3-4H,5-8H2,1-2H3. The predicted octanol–water partition coefficient (Wildman–Crippen LogP) is 4.87. The number of aryl methyl sites for hydroxylation is 3. The van der Waals surface area contributed by atoms with Gasteiger partial charge in [0.05, 0.1) is 37.6 Å². The highest BCUT2D eigenvalue weighted by molar-refractivity contribution is 6.62. The molecule has 294 valence electrons. The number of benzene rings is 2. The Morgan fingerprint density at radius 2 is 1.02 bits per heavy atom. The molecule has 3 aliphatic heterocycles. The van der Waals surface area contributed by atoms with Crippen molar-refractivity contribution in [2.45, 2.75) is 59.7 Å². The smallest absolute Gasteiger partial charge is 0.399 e. The number of nitrogen functional groups attached to an aromatic ring is 2. The molecule has 9 rings (SSSR count). The van der Waals surface area contributed by atoms with Crippen molar-refractivity contribution in [2.24, 2.45) is 0 Å². The van der Waals surface area contributed by atoms with Gasteiger partial charge in [-0.3, -0.25) is 0 Å². The second kappa shape index (κ2) is 16.1. The lowest BCUT2D eigenvalue weighted by atomic mass is 9.79. The number of anilines is 4. The molecule has 56 heavy (non-hydrogen) atoms. The molecule has 0 spiro atoms. The number of nitrogens with zero attached hydrogens (tertiary/aromatic N) is 8. The molecule has 3 fully saturated rings. The Balaban J connectivity index is 0.000000132. The molecule has 0 saturated carbocycles. The van der Waals surface area contributed by atoms with E-state index in [9.17, 15) is 0 Å². The Hall–Kier alpha value is -5.22. The van der Waals surface area contributed by atoms with Crippen LogP contribution in [0.2, 0.25) is 0 Å². The number of hydrogen-bond acceptors (Lipinski definition) is 12. The van der Waals surface area contributed by atoms with Crippen LogP contribution in [0.25, 0.3) is 22.4 Å². The maximum absolute atomic E-state index is 5.93. The van der Waals surface area contributed by atoms with E-state index in [2.05, 4.69) is 58.0 Å². The average Bonchev–Trinajstić information content (AvgIpc) is 3.83. The molecule has 15 heteroatoms. The highest BCUT2D eigenvalue weighted by atomic mass is 16.7. The Morgan fingerprint density at radius 3 is 1.52 bits per heavy atom. The van der Waals surface area contributed by atoms with E-state index in [-0.39, 0.29) is 18.3 Å². The van der Waals surface area contributed by atoms with Crippen molar-refractivity contribution < 1.29 is 18.8 Å². The summed E-state index contributed by atoms with van der Waals surface area (Å²) < 4.78 is 26.6. The number of morpholine rings is 2. The number of rotatable bonds is 4. The maximum atomic E-state index is 5.93. The van der Waals surface area contributed by atoms with Crippen LogP contribution in [0, 0.1) is 20.8 Å². The van der Waals surface area contributed by atoms with Crippen LogP contribution in [0.3, 0.4) is 0 Å². The van der Waals surface area contributed by atoms with Gasteiger partial charge in [0, 0.05) is 54.5 Å². The maximum Gasteiger partial charge on any atom is 0.494 e. The van der Waals surface area contributed by atoms with Gasteiger partial charge in [0.25, 0.3) is 0 Å². The van der Waals surface area contributed by atoms with E-state index in [0.29, 0.717) is 5.82 Å². The van der Waals surface area contributed by atoms with Crippen LogP contribution in [-0.2, 0) is 18.8 Å². The summed E-state index contributed by atoms with van der Waals surface area (Å²) in [6, 6.07) is 23.6.